The molecule has 0 saturated heterocycles. The van der Waals surface area contributed by atoms with Gasteiger partial charge in [-0.2, -0.15) is 9.61 Å². The summed E-state index contributed by atoms with van der Waals surface area (Å²) in [5.41, 5.74) is 3.18. The topological polar surface area (TPSA) is 103 Å². The first kappa shape index (κ1) is 17.0. The molecule has 0 unspecified atom stereocenters. The Balaban J connectivity index is 1.78. The average molecular weight is 384 g/mol. The van der Waals surface area contributed by atoms with E-state index in [1.807, 2.05) is 38.4 Å². The fraction of sp³-hybridized carbons (Fsp3) is 0.100. The van der Waals surface area contributed by atoms with Gasteiger partial charge in [-0.15, -0.1) is 5.10 Å². The number of anilines is 2. The van der Waals surface area contributed by atoms with E-state index >= 15 is 0 Å². The minimum atomic E-state index is -0.387. The molecule has 4 heterocycles. The van der Waals surface area contributed by atoms with E-state index in [-0.39, 0.29) is 5.56 Å². The van der Waals surface area contributed by atoms with E-state index in [4.69, 9.17) is 4.98 Å². The van der Waals surface area contributed by atoms with Crippen molar-refractivity contribution in [1.29, 1.82) is 0 Å². The van der Waals surface area contributed by atoms with Crippen molar-refractivity contribution in [3.8, 4) is 11.4 Å². The Morgan fingerprint density at radius 3 is 2.83 bits per heavy atom. The van der Waals surface area contributed by atoms with Crippen LogP contribution >= 0.6 is 0 Å². The molecule has 1 N–H and O–H groups in total. The van der Waals surface area contributed by atoms with Crippen LogP contribution in [0.3, 0.4) is 0 Å². The van der Waals surface area contributed by atoms with Gasteiger partial charge in [0.15, 0.2) is 11.5 Å². The lowest BCUT2D eigenvalue weighted by Gasteiger charge is -2.08. The van der Waals surface area contributed by atoms with Gasteiger partial charge in [0, 0.05) is 24.8 Å². The highest BCUT2D eigenvalue weighted by molar-refractivity contribution is 5.93. The summed E-state index contributed by atoms with van der Waals surface area (Å²) < 4.78 is 3.30. The van der Waals surface area contributed by atoms with Crippen molar-refractivity contribution in [2.75, 3.05) is 5.32 Å². The van der Waals surface area contributed by atoms with Crippen LogP contribution in [0.5, 0.6) is 0 Å². The van der Waals surface area contributed by atoms with Gasteiger partial charge in [-0.3, -0.25) is 9.48 Å². The molecule has 0 aliphatic carbocycles. The molecule has 5 rings (SSSR count). The number of rotatable bonds is 3. The van der Waals surface area contributed by atoms with Crippen LogP contribution in [0.4, 0.5) is 11.6 Å². The number of nitrogens with zero attached hydrogens (tertiary/aromatic N) is 7. The monoisotopic (exact) mass is 384 g/mol. The van der Waals surface area contributed by atoms with Crippen molar-refractivity contribution in [3.63, 3.8) is 0 Å². The summed E-state index contributed by atoms with van der Waals surface area (Å²) in [6.07, 6.45) is 5.01. The van der Waals surface area contributed by atoms with Gasteiger partial charge < -0.3 is 5.32 Å². The zero-order valence-electron chi connectivity index (χ0n) is 15.7. The fourth-order valence-electron chi connectivity index (χ4n) is 3.13. The van der Waals surface area contributed by atoms with Crippen LogP contribution in [0.2, 0.25) is 0 Å². The second-order valence-electron chi connectivity index (χ2n) is 6.70. The number of hydrogen-bond acceptors (Lipinski definition) is 7. The molecule has 9 heteroatoms. The quantitative estimate of drug-likeness (QED) is 0.510. The fourth-order valence-corrected chi connectivity index (χ4v) is 3.13. The number of benzene rings is 1. The molecule has 29 heavy (non-hydrogen) atoms. The molecule has 0 radical (unpaired) electrons. The summed E-state index contributed by atoms with van der Waals surface area (Å²) in [6.45, 7) is 2.01. The predicted molar refractivity (Wildman–Crippen MR) is 109 cm³/mol. The Morgan fingerprint density at radius 2 is 2.00 bits per heavy atom. The third kappa shape index (κ3) is 2.98. The first-order valence-electron chi connectivity index (χ1n) is 8.97. The van der Waals surface area contributed by atoms with E-state index in [1.165, 1.54) is 6.20 Å². The molecule has 4 aromatic heterocycles. The molecule has 5 aromatic rings. The number of aromatic nitrogens is 7. The molecule has 9 nitrogen and oxygen atoms in total. The molecule has 142 valence electrons. The molecule has 0 fully saturated rings. The number of aryl methyl sites for hydroxylation is 2. The third-order valence-corrected chi connectivity index (χ3v) is 4.52. The van der Waals surface area contributed by atoms with E-state index in [1.54, 1.807) is 33.6 Å². The lowest BCUT2D eigenvalue weighted by atomic mass is 10.1. The molecule has 1 aromatic carbocycles. The standard InChI is InChI=1S/C20H16N8O/c1-12-6-7-15-14(9-12)18-25-17(13-10-22-27(2)11-13)26-28(18)20(23-15)24-16-5-3-4-8-21-19(16)29/h3-11H,1-2H3,(H,21,23,24,29). The molecule has 0 aliphatic heterocycles. The Hall–Kier alpha value is -4.14. The second kappa shape index (κ2) is 6.48. The minimum absolute atomic E-state index is 0.300. The van der Waals surface area contributed by atoms with Crippen molar-refractivity contribution in [1.82, 2.24) is 34.3 Å². The number of hydrogen-bond donors (Lipinski definition) is 1. The van der Waals surface area contributed by atoms with Crippen LogP contribution in [-0.2, 0) is 7.05 Å². The van der Waals surface area contributed by atoms with Crippen LogP contribution in [0.1, 0.15) is 5.56 Å². The molecule has 0 amide bonds. The summed E-state index contributed by atoms with van der Waals surface area (Å²) in [7, 11) is 1.84. The average Bonchev–Trinajstić information content (AvgIpc) is 3.28. The molecule has 0 bridgehead atoms. The van der Waals surface area contributed by atoms with Crippen LogP contribution in [0, 0.1) is 6.92 Å². The smallest absolute Gasteiger partial charge is 0.293 e. The summed E-state index contributed by atoms with van der Waals surface area (Å²) in [4.78, 5) is 25.5. The number of nitrogens with one attached hydrogen (secondary N) is 1. The summed E-state index contributed by atoms with van der Waals surface area (Å²) in [5.74, 6) is 0.903. The van der Waals surface area contributed by atoms with Gasteiger partial charge in [-0.05, 0) is 31.2 Å². The van der Waals surface area contributed by atoms with Gasteiger partial charge >= 0.3 is 0 Å². The van der Waals surface area contributed by atoms with Gasteiger partial charge in [-0.1, -0.05) is 17.7 Å². The van der Waals surface area contributed by atoms with Gasteiger partial charge in [0.05, 0.1) is 17.3 Å². The first-order chi connectivity index (χ1) is 14.1. The number of fused-ring (bicyclic) bond motifs is 3. The predicted octanol–water partition coefficient (Wildman–Crippen LogP) is 2.49. The first-order valence-corrected chi connectivity index (χ1v) is 8.97. The van der Waals surface area contributed by atoms with E-state index in [9.17, 15) is 4.79 Å². The largest absolute Gasteiger partial charge is 0.319 e. The Labute approximate surface area is 164 Å². The Kier molecular flexibility index (Phi) is 3.80. The normalized spacial score (nSPS) is 11.2. The zero-order valence-corrected chi connectivity index (χ0v) is 15.7. The molecular formula is C20H16N8O. The summed E-state index contributed by atoms with van der Waals surface area (Å²) in [5, 5.41) is 12.8. The minimum Gasteiger partial charge on any atom is -0.319 e. The molecular weight excluding hydrogens is 368 g/mol. The lowest BCUT2D eigenvalue weighted by Crippen LogP contribution is -2.11. The van der Waals surface area contributed by atoms with E-state index < -0.39 is 0 Å². The van der Waals surface area contributed by atoms with Crippen LogP contribution < -0.4 is 10.9 Å². The Bertz CT molecular complexity index is 1440. The highest BCUT2D eigenvalue weighted by atomic mass is 16.1. The molecule has 0 atom stereocenters. The zero-order chi connectivity index (χ0) is 20.0. The highest BCUT2D eigenvalue weighted by Crippen LogP contribution is 2.25. The van der Waals surface area contributed by atoms with Gasteiger partial charge in [0.2, 0.25) is 5.95 Å². The SMILES string of the molecule is Cc1ccc2nc(Nc3ccccnc3=O)n3nc(-c4cnn(C)c4)nc3c2c1. The maximum absolute atomic E-state index is 12.2. The van der Waals surface area contributed by atoms with Crippen LogP contribution in [0.15, 0.2) is 59.8 Å². The van der Waals surface area contributed by atoms with Gasteiger partial charge in [0.1, 0.15) is 5.69 Å². The maximum atomic E-state index is 12.2. The summed E-state index contributed by atoms with van der Waals surface area (Å²) >= 11 is 0. The van der Waals surface area contributed by atoms with Crippen LogP contribution in [0.25, 0.3) is 27.9 Å². The summed E-state index contributed by atoms with van der Waals surface area (Å²) in [6, 6.07) is 11.0. The third-order valence-electron chi connectivity index (χ3n) is 4.52. The van der Waals surface area contributed by atoms with Crippen LogP contribution in [-0.4, -0.2) is 34.3 Å². The van der Waals surface area contributed by atoms with Crippen molar-refractivity contribution >= 4 is 28.2 Å². The van der Waals surface area contributed by atoms with Crippen molar-refractivity contribution in [2.24, 2.45) is 7.05 Å². The maximum Gasteiger partial charge on any atom is 0.293 e. The van der Waals surface area contributed by atoms with Crippen molar-refractivity contribution in [2.45, 2.75) is 6.92 Å². The lowest BCUT2D eigenvalue weighted by molar-refractivity contribution is 0.768. The molecule has 0 saturated carbocycles. The van der Waals surface area contributed by atoms with Gasteiger partial charge in [0.25, 0.3) is 5.56 Å². The Morgan fingerprint density at radius 1 is 1.10 bits per heavy atom. The molecule has 0 spiro atoms. The van der Waals surface area contributed by atoms with Crippen molar-refractivity contribution < 1.29 is 0 Å². The van der Waals surface area contributed by atoms with E-state index in [0.29, 0.717) is 23.1 Å². The van der Waals surface area contributed by atoms with E-state index in [0.717, 1.165) is 22.0 Å². The van der Waals surface area contributed by atoms with Crippen molar-refractivity contribution in [3.05, 3.63) is 70.9 Å². The van der Waals surface area contributed by atoms with E-state index in [2.05, 4.69) is 25.5 Å². The molecule has 0 aliphatic rings. The van der Waals surface area contributed by atoms with Gasteiger partial charge in [-0.25, -0.2) is 15.0 Å². The highest BCUT2D eigenvalue weighted by Gasteiger charge is 2.16. The second-order valence-corrected chi connectivity index (χ2v) is 6.70.